The van der Waals surface area contributed by atoms with E-state index in [0.29, 0.717) is 22.7 Å². The second-order valence-electron chi connectivity index (χ2n) is 6.38. The van der Waals surface area contributed by atoms with Crippen LogP contribution in [0.25, 0.3) is 21.8 Å². The summed E-state index contributed by atoms with van der Waals surface area (Å²) in [5.41, 5.74) is 3.84. The number of nitrogens with zero attached hydrogens (tertiary/aromatic N) is 2. The van der Waals surface area contributed by atoms with E-state index in [9.17, 15) is 4.79 Å². The van der Waals surface area contributed by atoms with Crippen LogP contribution in [0.2, 0.25) is 0 Å². The summed E-state index contributed by atoms with van der Waals surface area (Å²) in [7, 11) is 3.09. The van der Waals surface area contributed by atoms with E-state index in [1.54, 1.807) is 49.0 Å². The van der Waals surface area contributed by atoms with Gasteiger partial charge in [0.1, 0.15) is 16.5 Å². The Balaban J connectivity index is 1.56. The highest BCUT2D eigenvalue weighted by Gasteiger charge is 2.14. The van der Waals surface area contributed by atoms with Crippen LogP contribution in [-0.4, -0.2) is 30.1 Å². The predicted molar refractivity (Wildman–Crippen MR) is 118 cm³/mol. The van der Waals surface area contributed by atoms with Gasteiger partial charge in [0.25, 0.3) is 5.91 Å². The number of carbonyl (C=O) groups excluding carboxylic acids is 1. The number of amides is 1. The molecule has 1 N–H and O–H groups in total. The summed E-state index contributed by atoms with van der Waals surface area (Å²) < 4.78 is 10.5. The van der Waals surface area contributed by atoms with Crippen molar-refractivity contribution >= 4 is 22.9 Å². The van der Waals surface area contributed by atoms with E-state index in [1.165, 1.54) is 7.11 Å². The summed E-state index contributed by atoms with van der Waals surface area (Å²) in [5.74, 6) is 0.808. The highest BCUT2D eigenvalue weighted by atomic mass is 32.1. The molecule has 2 heterocycles. The number of nitrogens with one attached hydrogen (secondary N) is 1. The number of carbonyl (C=O) groups is 1. The van der Waals surface area contributed by atoms with Crippen molar-refractivity contribution < 1.29 is 14.3 Å². The third-order valence-corrected chi connectivity index (χ3v) is 5.37. The molecule has 0 saturated heterocycles. The van der Waals surface area contributed by atoms with Gasteiger partial charge in [-0.05, 0) is 36.4 Å². The molecule has 150 valence electrons. The second-order valence-corrected chi connectivity index (χ2v) is 7.24. The minimum atomic E-state index is -0.263. The molecule has 4 rings (SSSR count). The lowest BCUT2D eigenvalue weighted by Crippen LogP contribution is -2.13. The fourth-order valence-electron chi connectivity index (χ4n) is 2.97. The zero-order valence-corrected chi connectivity index (χ0v) is 17.3. The zero-order chi connectivity index (χ0) is 20.9. The molecule has 0 saturated carbocycles. The van der Waals surface area contributed by atoms with E-state index >= 15 is 0 Å². The monoisotopic (exact) mass is 417 g/mol. The summed E-state index contributed by atoms with van der Waals surface area (Å²) in [6, 6.07) is 16.5. The fraction of sp³-hybridized carbons (Fsp3) is 0.0870. The number of anilines is 1. The molecule has 30 heavy (non-hydrogen) atoms. The van der Waals surface area contributed by atoms with Crippen molar-refractivity contribution in [2.24, 2.45) is 0 Å². The molecular weight excluding hydrogens is 398 g/mol. The predicted octanol–water partition coefficient (Wildman–Crippen LogP) is 5.14. The zero-order valence-electron chi connectivity index (χ0n) is 16.5. The molecule has 0 radical (unpaired) electrons. The van der Waals surface area contributed by atoms with Gasteiger partial charge in [-0.1, -0.05) is 12.1 Å². The molecule has 0 aliphatic rings. The molecule has 0 aliphatic carbocycles. The topological polar surface area (TPSA) is 73.3 Å². The van der Waals surface area contributed by atoms with Crippen LogP contribution in [0.15, 0.2) is 72.4 Å². The van der Waals surface area contributed by atoms with Crippen LogP contribution >= 0.6 is 11.3 Å². The van der Waals surface area contributed by atoms with Gasteiger partial charge in [-0.2, -0.15) is 0 Å². The average molecular weight is 417 g/mol. The van der Waals surface area contributed by atoms with Gasteiger partial charge in [-0.15, -0.1) is 11.3 Å². The maximum Gasteiger partial charge on any atom is 0.259 e. The van der Waals surface area contributed by atoms with E-state index < -0.39 is 0 Å². The van der Waals surface area contributed by atoms with Crippen LogP contribution in [0.3, 0.4) is 0 Å². The molecule has 4 aromatic rings. The molecule has 0 aliphatic heterocycles. The highest BCUT2D eigenvalue weighted by Crippen LogP contribution is 2.30. The third-order valence-electron chi connectivity index (χ3n) is 4.48. The number of ether oxygens (including phenoxy) is 2. The standard InChI is InChI=1S/C23H19N3O3S/c1-28-18-8-9-19(21(12-18)29-2)22(27)25-17-7-3-5-15(11-17)20-14-30-23(26-20)16-6-4-10-24-13-16/h3-14H,1-2H3,(H,25,27). The molecule has 0 unspecified atom stereocenters. The van der Waals surface area contributed by atoms with Crippen molar-refractivity contribution in [2.75, 3.05) is 19.5 Å². The Morgan fingerprint density at radius 1 is 1.00 bits per heavy atom. The van der Waals surface area contributed by atoms with Crippen LogP contribution in [0.4, 0.5) is 5.69 Å². The van der Waals surface area contributed by atoms with Gasteiger partial charge in [0.2, 0.25) is 0 Å². The molecular formula is C23H19N3O3S. The Labute approximate surface area is 178 Å². The van der Waals surface area contributed by atoms with E-state index in [1.807, 2.05) is 41.8 Å². The summed E-state index contributed by atoms with van der Waals surface area (Å²) in [6.07, 6.45) is 3.53. The van der Waals surface area contributed by atoms with Gasteiger partial charge in [-0.3, -0.25) is 9.78 Å². The normalized spacial score (nSPS) is 10.5. The van der Waals surface area contributed by atoms with Gasteiger partial charge in [0, 0.05) is 40.7 Å². The molecule has 0 atom stereocenters. The molecule has 7 heteroatoms. The molecule has 0 fully saturated rings. The van der Waals surface area contributed by atoms with Crippen LogP contribution < -0.4 is 14.8 Å². The number of benzene rings is 2. The highest BCUT2D eigenvalue weighted by molar-refractivity contribution is 7.13. The minimum absolute atomic E-state index is 0.263. The van der Waals surface area contributed by atoms with Crippen molar-refractivity contribution in [1.29, 1.82) is 0 Å². The van der Waals surface area contributed by atoms with E-state index in [-0.39, 0.29) is 5.91 Å². The Bertz CT molecular complexity index is 1180. The van der Waals surface area contributed by atoms with Gasteiger partial charge in [-0.25, -0.2) is 4.98 Å². The number of hydrogen-bond acceptors (Lipinski definition) is 6. The van der Waals surface area contributed by atoms with Gasteiger partial charge < -0.3 is 14.8 Å². The van der Waals surface area contributed by atoms with E-state index in [4.69, 9.17) is 14.5 Å². The van der Waals surface area contributed by atoms with E-state index in [2.05, 4.69) is 10.3 Å². The quantitative estimate of drug-likeness (QED) is 0.470. The molecule has 6 nitrogen and oxygen atoms in total. The number of thiazole rings is 1. The van der Waals surface area contributed by atoms with Crippen molar-refractivity contribution in [2.45, 2.75) is 0 Å². The Morgan fingerprint density at radius 3 is 2.63 bits per heavy atom. The van der Waals surface area contributed by atoms with E-state index in [0.717, 1.165) is 21.8 Å². The van der Waals surface area contributed by atoms with Gasteiger partial charge in [0.15, 0.2) is 0 Å². The number of pyridine rings is 1. The number of rotatable bonds is 6. The van der Waals surface area contributed by atoms with Crippen molar-refractivity contribution in [1.82, 2.24) is 9.97 Å². The lowest BCUT2D eigenvalue weighted by Gasteiger charge is -2.11. The fourth-order valence-corrected chi connectivity index (χ4v) is 3.79. The lowest BCUT2D eigenvalue weighted by molar-refractivity contribution is 0.102. The first kappa shape index (κ1) is 19.6. The van der Waals surface area contributed by atoms with Crippen molar-refractivity contribution in [3.63, 3.8) is 0 Å². The summed E-state index contributed by atoms with van der Waals surface area (Å²) in [4.78, 5) is 21.6. The maximum absolute atomic E-state index is 12.8. The summed E-state index contributed by atoms with van der Waals surface area (Å²) in [5, 5.41) is 5.82. The summed E-state index contributed by atoms with van der Waals surface area (Å²) >= 11 is 1.56. The first-order valence-corrected chi connectivity index (χ1v) is 10.1. The number of aromatic nitrogens is 2. The minimum Gasteiger partial charge on any atom is -0.497 e. The van der Waals surface area contributed by atoms with Crippen LogP contribution in [-0.2, 0) is 0 Å². The number of hydrogen-bond donors (Lipinski definition) is 1. The Kier molecular flexibility index (Phi) is 5.72. The molecule has 2 aromatic heterocycles. The molecule has 0 spiro atoms. The van der Waals surface area contributed by atoms with Crippen LogP contribution in [0, 0.1) is 0 Å². The van der Waals surface area contributed by atoms with Crippen LogP contribution in [0.5, 0.6) is 11.5 Å². The second kappa shape index (κ2) is 8.75. The van der Waals surface area contributed by atoms with Crippen LogP contribution in [0.1, 0.15) is 10.4 Å². The molecule has 0 bridgehead atoms. The van der Waals surface area contributed by atoms with Gasteiger partial charge >= 0.3 is 0 Å². The first-order valence-electron chi connectivity index (χ1n) is 9.17. The Morgan fingerprint density at radius 2 is 1.87 bits per heavy atom. The SMILES string of the molecule is COc1ccc(C(=O)Nc2cccc(-c3csc(-c4cccnc4)n3)c2)c(OC)c1. The maximum atomic E-state index is 12.8. The smallest absolute Gasteiger partial charge is 0.259 e. The number of methoxy groups -OCH3 is 2. The Hall–Kier alpha value is -3.71. The third kappa shape index (κ3) is 4.16. The lowest BCUT2D eigenvalue weighted by atomic mass is 10.1. The first-order chi connectivity index (χ1) is 14.7. The summed E-state index contributed by atoms with van der Waals surface area (Å²) in [6.45, 7) is 0. The molecule has 1 amide bonds. The van der Waals surface area contributed by atoms with Crippen molar-refractivity contribution in [3.8, 4) is 33.3 Å². The molecule has 2 aromatic carbocycles. The van der Waals surface area contributed by atoms with Crippen molar-refractivity contribution in [3.05, 3.63) is 77.9 Å². The largest absolute Gasteiger partial charge is 0.497 e. The van der Waals surface area contributed by atoms with Gasteiger partial charge in [0.05, 0.1) is 25.5 Å². The average Bonchev–Trinajstić information content (AvgIpc) is 3.30.